The van der Waals surface area contributed by atoms with Crippen molar-refractivity contribution in [2.45, 2.75) is 57.8 Å². The van der Waals surface area contributed by atoms with Crippen LogP contribution in [0.2, 0.25) is 10.0 Å². The van der Waals surface area contributed by atoms with Gasteiger partial charge in [0, 0.05) is 34.7 Å². The molecule has 2 N–H and O–H groups in total. The van der Waals surface area contributed by atoms with Crippen molar-refractivity contribution in [3.8, 4) is 0 Å². The van der Waals surface area contributed by atoms with Crippen molar-refractivity contribution in [2.24, 2.45) is 17.3 Å². The predicted octanol–water partition coefficient (Wildman–Crippen LogP) is 7.92. The molecule has 6 nitrogen and oxygen atoms in total. The molecule has 1 aliphatic heterocycles. The Balaban J connectivity index is 1.59. The van der Waals surface area contributed by atoms with Gasteiger partial charge in [-0.25, -0.2) is 4.39 Å². The number of benzene rings is 3. The maximum atomic E-state index is 15.9. The van der Waals surface area contributed by atoms with Crippen molar-refractivity contribution in [1.29, 1.82) is 0 Å². The lowest BCUT2D eigenvalue weighted by molar-refractivity contribution is -0.140. The average Bonchev–Trinajstić information content (AvgIpc) is 3.42. The van der Waals surface area contributed by atoms with E-state index in [0.29, 0.717) is 41.2 Å². The Morgan fingerprint density at radius 1 is 1.09 bits per heavy atom. The number of carbonyl (C=O) groups is 3. The van der Waals surface area contributed by atoms with Gasteiger partial charge in [-0.15, -0.1) is 0 Å². The number of amides is 2. The Labute approximate surface area is 261 Å². The van der Waals surface area contributed by atoms with Gasteiger partial charge in [0.2, 0.25) is 11.8 Å². The molecule has 1 fully saturated rings. The minimum Gasteiger partial charge on any atom is -0.469 e. The molecule has 1 aliphatic carbocycles. The first kappa shape index (κ1) is 31.0. The molecule has 1 saturated carbocycles. The van der Waals surface area contributed by atoms with Crippen molar-refractivity contribution in [2.75, 3.05) is 17.7 Å². The molecule has 0 bridgehead atoms. The number of hydrogen-bond acceptors (Lipinski definition) is 4. The fraction of sp³-hybridized carbons (Fsp3) is 0.382. The van der Waals surface area contributed by atoms with Crippen LogP contribution in [-0.4, -0.2) is 24.9 Å². The molecule has 0 saturated heterocycles. The lowest BCUT2D eigenvalue weighted by Gasteiger charge is -2.39. The molecule has 0 unspecified atom stereocenters. The molecule has 0 radical (unpaired) electrons. The molecular formula is C34H35Cl2FN2O4. The second-order valence-electron chi connectivity index (χ2n) is 12.7. The monoisotopic (exact) mass is 624 g/mol. The van der Waals surface area contributed by atoms with E-state index in [1.807, 2.05) is 18.2 Å². The summed E-state index contributed by atoms with van der Waals surface area (Å²) in [4.78, 5) is 40.0. The van der Waals surface area contributed by atoms with Crippen LogP contribution in [0.15, 0.2) is 60.7 Å². The average molecular weight is 626 g/mol. The Kier molecular flexibility index (Phi) is 8.61. The van der Waals surface area contributed by atoms with E-state index in [4.69, 9.17) is 27.9 Å². The molecule has 226 valence electrons. The molecule has 1 heterocycles. The number of methoxy groups -OCH3 is 1. The number of esters is 1. The van der Waals surface area contributed by atoms with E-state index in [2.05, 4.69) is 31.4 Å². The number of ether oxygens (including phenoxy) is 1. The second-order valence-corrected chi connectivity index (χ2v) is 13.5. The molecule has 5 rings (SSSR count). The van der Waals surface area contributed by atoms with Gasteiger partial charge in [0.05, 0.1) is 17.5 Å². The zero-order chi connectivity index (χ0) is 31.1. The predicted molar refractivity (Wildman–Crippen MR) is 167 cm³/mol. The minimum absolute atomic E-state index is 0.0663. The fourth-order valence-electron chi connectivity index (χ4n) is 7.05. The van der Waals surface area contributed by atoms with Gasteiger partial charge in [-0.3, -0.25) is 14.4 Å². The molecular weight excluding hydrogens is 590 g/mol. The standard InChI is InChI=1S/C34H35Cl2FN2O4/c1-33(2,3)18-20-16-24(31(41)38-22-12-8-19(9-13-22)10-15-28(40)43-4)29(23-6-5-7-26(36)30(23)37)34(20)25-14-11-21(35)17-27(25)39-32(34)42/h5-9,11-14,17,20,24,29H,10,15-16,18H2,1-4H3,(H,38,41)(H,39,42)/t20-,24+,29-,34-/m0/s1. The van der Waals surface area contributed by atoms with Crippen LogP contribution in [0.1, 0.15) is 62.6 Å². The summed E-state index contributed by atoms with van der Waals surface area (Å²) in [6.45, 7) is 6.29. The molecule has 3 aromatic carbocycles. The third kappa shape index (κ3) is 5.89. The van der Waals surface area contributed by atoms with E-state index in [-0.39, 0.29) is 46.1 Å². The Bertz CT molecular complexity index is 1570. The van der Waals surface area contributed by atoms with Crippen LogP contribution in [0.4, 0.5) is 15.8 Å². The van der Waals surface area contributed by atoms with E-state index < -0.39 is 23.1 Å². The van der Waals surface area contributed by atoms with Gasteiger partial charge in [0.1, 0.15) is 5.82 Å². The molecule has 4 atom stereocenters. The van der Waals surface area contributed by atoms with Gasteiger partial charge in [0.15, 0.2) is 0 Å². The third-order valence-electron chi connectivity index (χ3n) is 8.71. The minimum atomic E-state index is -1.22. The highest BCUT2D eigenvalue weighted by Gasteiger charge is 2.66. The van der Waals surface area contributed by atoms with Crippen molar-refractivity contribution in [3.05, 3.63) is 93.2 Å². The molecule has 2 amide bonds. The first-order valence-electron chi connectivity index (χ1n) is 14.4. The van der Waals surface area contributed by atoms with Gasteiger partial charge in [-0.05, 0) is 77.6 Å². The van der Waals surface area contributed by atoms with E-state index >= 15 is 4.39 Å². The Morgan fingerprint density at radius 3 is 2.49 bits per heavy atom. The quantitative estimate of drug-likeness (QED) is 0.261. The number of hydrogen-bond donors (Lipinski definition) is 2. The zero-order valence-corrected chi connectivity index (χ0v) is 26.1. The lowest BCUT2D eigenvalue weighted by Crippen LogP contribution is -2.45. The Morgan fingerprint density at radius 2 is 1.81 bits per heavy atom. The fourth-order valence-corrected chi connectivity index (χ4v) is 7.40. The largest absolute Gasteiger partial charge is 0.469 e. The maximum absolute atomic E-state index is 15.9. The van der Waals surface area contributed by atoms with Crippen LogP contribution in [0.5, 0.6) is 0 Å². The van der Waals surface area contributed by atoms with E-state index in [1.54, 1.807) is 36.4 Å². The van der Waals surface area contributed by atoms with E-state index in [0.717, 1.165) is 5.56 Å². The van der Waals surface area contributed by atoms with Gasteiger partial charge in [-0.2, -0.15) is 0 Å². The van der Waals surface area contributed by atoms with Crippen LogP contribution in [0.3, 0.4) is 0 Å². The summed E-state index contributed by atoms with van der Waals surface area (Å²) in [5.41, 5.74) is 1.60. The van der Waals surface area contributed by atoms with Gasteiger partial charge < -0.3 is 15.4 Å². The van der Waals surface area contributed by atoms with Gasteiger partial charge in [0.25, 0.3) is 0 Å². The first-order chi connectivity index (χ1) is 20.3. The van der Waals surface area contributed by atoms with Crippen molar-refractivity contribution < 1.29 is 23.5 Å². The lowest BCUT2D eigenvalue weighted by atomic mass is 9.62. The molecule has 43 heavy (non-hydrogen) atoms. The summed E-state index contributed by atoms with van der Waals surface area (Å²) in [7, 11) is 1.35. The number of fused-ring (bicyclic) bond motifs is 2. The summed E-state index contributed by atoms with van der Waals surface area (Å²) in [6.07, 6.45) is 1.75. The van der Waals surface area contributed by atoms with Crippen molar-refractivity contribution in [1.82, 2.24) is 0 Å². The van der Waals surface area contributed by atoms with Crippen LogP contribution >= 0.6 is 23.2 Å². The highest BCUT2D eigenvalue weighted by atomic mass is 35.5. The molecule has 0 aromatic heterocycles. The highest BCUT2D eigenvalue weighted by Crippen LogP contribution is 2.64. The number of anilines is 2. The van der Waals surface area contributed by atoms with Crippen LogP contribution in [-0.2, 0) is 31.0 Å². The molecule has 1 spiro atoms. The molecule has 3 aromatic rings. The van der Waals surface area contributed by atoms with Crippen molar-refractivity contribution >= 4 is 52.4 Å². The number of rotatable bonds is 7. The number of nitrogens with one attached hydrogen (secondary N) is 2. The number of halogens is 3. The topological polar surface area (TPSA) is 84.5 Å². The maximum Gasteiger partial charge on any atom is 0.305 e. The molecule has 2 aliphatic rings. The second kappa shape index (κ2) is 11.9. The normalized spacial score (nSPS) is 22.8. The smallest absolute Gasteiger partial charge is 0.305 e. The SMILES string of the molecule is COC(=O)CCc1ccc(NC(=O)[C@@H]2C[C@@H](CC(C)(C)C)[C@@]3(C(=O)Nc4cc(Cl)ccc43)[C@H]2c2cccc(Cl)c2F)cc1. The summed E-state index contributed by atoms with van der Waals surface area (Å²) in [6, 6.07) is 17.3. The van der Waals surface area contributed by atoms with Gasteiger partial charge in [-0.1, -0.05) is 74.3 Å². The van der Waals surface area contributed by atoms with Crippen molar-refractivity contribution in [3.63, 3.8) is 0 Å². The summed E-state index contributed by atoms with van der Waals surface area (Å²) < 4.78 is 20.7. The molecule has 9 heteroatoms. The highest BCUT2D eigenvalue weighted by molar-refractivity contribution is 6.31. The summed E-state index contributed by atoms with van der Waals surface area (Å²) >= 11 is 12.6. The third-order valence-corrected chi connectivity index (χ3v) is 9.23. The number of carbonyl (C=O) groups excluding carboxylic acids is 3. The zero-order valence-electron chi connectivity index (χ0n) is 24.6. The first-order valence-corrected chi connectivity index (χ1v) is 15.1. The number of aryl methyl sites for hydroxylation is 1. The van der Waals surface area contributed by atoms with Crippen LogP contribution < -0.4 is 10.6 Å². The van der Waals surface area contributed by atoms with Crippen LogP contribution in [0.25, 0.3) is 0 Å². The van der Waals surface area contributed by atoms with Gasteiger partial charge >= 0.3 is 5.97 Å². The van der Waals surface area contributed by atoms with E-state index in [1.165, 1.54) is 13.2 Å². The summed E-state index contributed by atoms with van der Waals surface area (Å²) in [5, 5.41) is 6.44. The van der Waals surface area contributed by atoms with Crippen LogP contribution in [0, 0.1) is 23.1 Å². The van der Waals surface area contributed by atoms with E-state index in [9.17, 15) is 14.4 Å². The Hall–Kier alpha value is -3.42. The summed E-state index contributed by atoms with van der Waals surface area (Å²) in [5.74, 6) is -3.36.